The molecule has 20 heavy (non-hydrogen) atoms. The molecule has 1 unspecified atom stereocenters. The number of para-hydroxylation sites is 1. The molecule has 0 amide bonds. The second-order valence-electron chi connectivity index (χ2n) is 5.55. The molecule has 1 fully saturated rings. The zero-order chi connectivity index (χ0) is 13.8. The van der Waals surface area contributed by atoms with Crippen LogP contribution in [0.2, 0.25) is 0 Å². The highest BCUT2D eigenvalue weighted by molar-refractivity contribution is 5.32. The predicted molar refractivity (Wildman–Crippen MR) is 80.6 cm³/mol. The zero-order valence-corrected chi connectivity index (χ0v) is 11.8. The molecule has 2 N–H and O–H groups in total. The van der Waals surface area contributed by atoms with Crippen LogP contribution in [-0.4, -0.2) is 34.3 Å². The van der Waals surface area contributed by atoms with Crippen LogP contribution in [0.25, 0.3) is 5.69 Å². The van der Waals surface area contributed by atoms with Crippen LogP contribution in [0.5, 0.6) is 0 Å². The lowest BCUT2D eigenvalue weighted by Crippen LogP contribution is -2.38. The van der Waals surface area contributed by atoms with Gasteiger partial charge in [-0.3, -0.25) is 4.90 Å². The molecular weight excluding hydrogens is 248 g/mol. The summed E-state index contributed by atoms with van der Waals surface area (Å²) in [5.74, 6) is 0.650. The first kappa shape index (κ1) is 13.3. The van der Waals surface area contributed by atoms with E-state index >= 15 is 0 Å². The van der Waals surface area contributed by atoms with Crippen LogP contribution in [0.15, 0.2) is 42.6 Å². The van der Waals surface area contributed by atoms with Crippen molar-refractivity contribution in [3.8, 4) is 5.69 Å². The highest BCUT2D eigenvalue weighted by Gasteiger charge is 2.19. The Labute approximate surface area is 120 Å². The van der Waals surface area contributed by atoms with E-state index in [2.05, 4.69) is 28.2 Å². The molecule has 0 aliphatic carbocycles. The zero-order valence-electron chi connectivity index (χ0n) is 11.8. The third-order valence-corrected chi connectivity index (χ3v) is 4.04. The molecule has 0 saturated carbocycles. The summed E-state index contributed by atoms with van der Waals surface area (Å²) in [6.45, 7) is 4.02. The van der Waals surface area contributed by atoms with Crippen molar-refractivity contribution in [2.45, 2.75) is 19.4 Å². The van der Waals surface area contributed by atoms with E-state index in [1.165, 1.54) is 18.5 Å². The molecule has 106 valence electrons. The Bertz CT molecular complexity index is 534. The highest BCUT2D eigenvalue weighted by atomic mass is 15.3. The first-order valence-electron chi connectivity index (χ1n) is 7.37. The molecule has 1 saturated heterocycles. The number of nitrogens with zero attached hydrogens (tertiary/aromatic N) is 3. The van der Waals surface area contributed by atoms with E-state index in [0.29, 0.717) is 5.92 Å². The molecular formula is C16H22N4. The molecule has 1 atom stereocenters. The lowest BCUT2D eigenvalue weighted by molar-refractivity contribution is 0.168. The van der Waals surface area contributed by atoms with Crippen LogP contribution in [-0.2, 0) is 6.54 Å². The molecule has 1 aliphatic heterocycles. The maximum atomic E-state index is 5.82. The van der Waals surface area contributed by atoms with Gasteiger partial charge in [-0.2, -0.15) is 5.10 Å². The molecule has 4 nitrogen and oxygen atoms in total. The van der Waals surface area contributed by atoms with Crippen LogP contribution in [0.3, 0.4) is 0 Å². The molecule has 1 aromatic heterocycles. The number of likely N-dealkylation sites (tertiary alicyclic amines) is 1. The van der Waals surface area contributed by atoms with Crippen molar-refractivity contribution < 1.29 is 0 Å². The summed E-state index contributed by atoms with van der Waals surface area (Å²) in [6.07, 6.45) is 4.40. The Morgan fingerprint density at radius 1 is 1.20 bits per heavy atom. The third-order valence-electron chi connectivity index (χ3n) is 4.04. The summed E-state index contributed by atoms with van der Waals surface area (Å²) >= 11 is 0. The van der Waals surface area contributed by atoms with Gasteiger partial charge < -0.3 is 5.73 Å². The van der Waals surface area contributed by atoms with Crippen LogP contribution in [0, 0.1) is 5.92 Å². The van der Waals surface area contributed by atoms with Gasteiger partial charge in [0.1, 0.15) is 0 Å². The summed E-state index contributed by atoms with van der Waals surface area (Å²) < 4.78 is 2.03. The van der Waals surface area contributed by atoms with Gasteiger partial charge in [0.05, 0.1) is 11.4 Å². The second-order valence-corrected chi connectivity index (χ2v) is 5.55. The Hall–Kier alpha value is -1.65. The fourth-order valence-corrected chi connectivity index (χ4v) is 2.97. The normalized spacial score (nSPS) is 20.1. The minimum atomic E-state index is 0.650. The summed E-state index contributed by atoms with van der Waals surface area (Å²) in [4.78, 5) is 2.50. The van der Waals surface area contributed by atoms with Gasteiger partial charge in [0.25, 0.3) is 0 Å². The summed E-state index contributed by atoms with van der Waals surface area (Å²) in [5.41, 5.74) is 8.18. The summed E-state index contributed by atoms with van der Waals surface area (Å²) in [7, 11) is 0. The fourth-order valence-electron chi connectivity index (χ4n) is 2.97. The summed E-state index contributed by atoms with van der Waals surface area (Å²) in [6, 6.07) is 12.4. The van der Waals surface area contributed by atoms with Crippen molar-refractivity contribution in [1.29, 1.82) is 0 Å². The smallest absolute Gasteiger partial charge is 0.0649 e. The molecule has 2 aromatic rings. The lowest BCUT2D eigenvalue weighted by atomic mass is 9.98. The Balaban J connectivity index is 1.74. The fraction of sp³-hybridized carbons (Fsp3) is 0.438. The van der Waals surface area contributed by atoms with Crippen molar-refractivity contribution in [2.75, 3.05) is 19.6 Å². The Kier molecular flexibility index (Phi) is 4.14. The molecule has 3 rings (SSSR count). The van der Waals surface area contributed by atoms with Gasteiger partial charge in [-0.15, -0.1) is 0 Å². The number of nitrogens with two attached hydrogens (primary N) is 1. The minimum Gasteiger partial charge on any atom is -0.330 e. The van der Waals surface area contributed by atoms with Crippen LogP contribution < -0.4 is 5.73 Å². The maximum absolute atomic E-state index is 5.82. The number of benzene rings is 1. The Morgan fingerprint density at radius 2 is 2.05 bits per heavy atom. The average Bonchev–Trinajstić information content (AvgIpc) is 2.96. The molecule has 2 heterocycles. The maximum Gasteiger partial charge on any atom is 0.0649 e. The van der Waals surface area contributed by atoms with Crippen molar-refractivity contribution in [3.63, 3.8) is 0 Å². The summed E-state index contributed by atoms with van der Waals surface area (Å²) in [5, 5.41) is 4.46. The molecule has 4 heteroatoms. The SMILES string of the molecule is NCC1CCCN(Cc2ccnn2-c2ccccc2)C1. The topological polar surface area (TPSA) is 47.1 Å². The molecule has 0 bridgehead atoms. The average molecular weight is 270 g/mol. The standard InChI is InChI=1S/C16H22N4/c17-11-14-5-4-10-19(12-14)13-16-8-9-18-20(16)15-6-2-1-3-7-15/h1-3,6-9,14H,4-5,10-13,17H2. The first-order chi connectivity index (χ1) is 9.86. The van der Waals surface area contributed by atoms with Gasteiger partial charge in [0, 0.05) is 19.3 Å². The molecule has 0 spiro atoms. The number of rotatable bonds is 4. The molecule has 0 radical (unpaired) electrons. The Morgan fingerprint density at radius 3 is 2.85 bits per heavy atom. The van der Waals surface area contributed by atoms with Gasteiger partial charge in [0.15, 0.2) is 0 Å². The van der Waals surface area contributed by atoms with E-state index in [1.807, 2.05) is 29.1 Å². The van der Waals surface area contributed by atoms with Crippen molar-refractivity contribution in [3.05, 3.63) is 48.3 Å². The largest absolute Gasteiger partial charge is 0.330 e. The van der Waals surface area contributed by atoms with E-state index in [0.717, 1.165) is 31.9 Å². The highest BCUT2D eigenvalue weighted by Crippen LogP contribution is 2.18. The molecule has 1 aromatic carbocycles. The number of hydrogen-bond acceptors (Lipinski definition) is 3. The van der Waals surface area contributed by atoms with E-state index < -0.39 is 0 Å². The van der Waals surface area contributed by atoms with Crippen molar-refractivity contribution >= 4 is 0 Å². The van der Waals surface area contributed by atoms with E-state index in [1.54, 1.807) is 0 Å². The van der Waals surface area contributed by atoms with Crippen molar-refractivity contribution in [2.24, 2.45) is 11.7 Å². The molecule has 1 aliphatic rings. The van der Waals surface area contributed by atoms with Crippen molar-refractivity contribution in [1.82, 2.24) is 14.7 Å². The number of piperidine rings is 1. The van der Waals surface area contributed by atoms with Gasteiger partial charge in [-0.25, -0.2) is 4.68 Å². The van der Waals surface area contributed by atoms with Gasteiger partial charge in [-0.1, -0.05) is 18.2 Å². The second kappa shape index (κ2) is 6.20. The monoisotopic (exact) mass is 270 g/mol. The van der Waals surface area contributed by atoms with Crippen LogP contribution in [0.1, 0.15) is 18.5 Å². The first-order valence-corrected chi connectivity index (χ1v) is 7.37. The number of hydrogen-bond donors (Lipinski definition) is 1. The third kappa shape index (κ3) is 2.92. The van der Waals surface area contributed by atoms with E-state index in [4.69, 9.17) is 5.73 Å². The van der Waals surface area contributed by atoms with Crippen LogP contribution >= 0.6 is 0 Å². The van der Waals surface area contributed by atoms with Gasteiger partial charge in [-0.05, 0) is 50.0 Å². The predicted octanol–water partition coefficient (Wildman–Crippen LogP) is 2.04. The quantitative estimate of drug-likeness (QED) is 0.925. The van der Waals surface area contributed by atoms with Crippen LogP contribution in [0.4, 0.5) is 0 Å². The van der Waals surface area contributed by atoms with Gasteiger partial charge >= 0.3 is 0 Å². The van der Waals surface area contributed by atoms with Gasteiger partial charge in [0.2, 0.25) is 0 Å². The van der Waals surface area contributed by atoms with E-state index in [9.17, 15) is 0 Å². The van der Waals surface area contributed by atoms with E-state index in [-0.39, 0.29) is 0 Å². The lowest BCUT2D eigenvalue weighted by Gasteiger charge is -2.32. The minimum absolute atomic E-state index is 0.650. The number of aromatic nitrogens is 2.